The van der Waals surface area contributed by atoms with Crippen molar-refractivity contribution in [3.05, 3.63) is 33.8 Å². The van der Waals surface area contributed by atoms with E-state index >= 15 is 0 Å². The van der Waals surface area contributed by atoms with E-state index in [9.17, 15) is 9.59 Å². The van der Waals surface area contributed by atoms with Gasteiger partial charge in [-0.25, -0.2) is 0 Å². The number of hydrogen-bond donors (Lipinski definition) is 0. The van der Waals surface area contributed by atoms with E-state index in [0.29, 0.717) is 15.6 Å². The average molecular weight is 247 g/mol. The van der Waals surface area contributed by atoms with Gasteiger partial charge in [-0.1, -0.05) is 23.2 Å². The topological polar surface area (TPSA) is 43.4 Å². The van der Waals surface area contributed by atoms with E-state index in [1.54, 1.807) is 0 Å². The largest absolute Gasteiger partial charge is 0.457 e. The van der Waals surface area contributed by atoms with Crippen LogP contribution in [0, 0.1) is 0 Å². The van der Waals surface area contributed by atoms with Crippen molar-refractivity contribution in [3.8, 4) is 0 Å². The predicted octanol–water partition coefficient (Wildman–Crippen LogP) is 2.74. The van der Waals surface area contributed by atoms with Crippen LogP contribution < -0.4 is 0 Å². The van der Waals surface area contributed by atoms with E-state index in [-0.39, 0.29) is 12.4 Å². The number of ketones is 1. The van der Waals surface area contributed by atoms with Gasteiger partial charge < -0.3 is 4.74 Å². The Hall–Kier alpha value is -1.06. The van der Waals surface area contributed by atoms with Crippen LogP contribution in [0.2, 0.25) is 10.0 Å². The molecule has 0 spiro atoms. The lowest BCUT2D eigenvalue weighted by Crippen LogP contribution is -2.11. The molecule has 0 saturated carbocycles. The van der Waals surface area contributed by atoms with Gasteiger partial charge in [-0.05, 0) is 18.2 Å². The molecule has 0 saturated heterocycles. The predicted molar refractivity (Wildman–Crippen MR) is 57.4 cm³/mol. The second-order valence-corrected chi connectivity index (χ2v) is 3.65. The van der Waals surface area contributed by atoms with Gasteiger partial charge in [0, 0.05) is 12.5 Å². The number of hydrogen-bond acceptors (Lipinski definition) is 3. The minimum atomic E-state index is -0.497. The Kier molecular flexibility index (Phi) is 4.12. The lowest BCUT2D eigenvalue weighted by atomic mass is 10.1. The van der Waals surface area contributed by atoms with E-state index in [4.69, 9.17) is 23.2 Å². The molecule has 0 fully saturated rings. The second-order valence-electron chi connectivity index (χ2n) is 2.83. The molecule has 1 rings (SSSR count). The number of Topliss-reactive ketones (excluding diaryl/α,β-unsaturated/α-hetero) is 1. The standard InChI is InChI=1S/C10H8Cl2O3/c1-6(13)15-5-10(14)7-2-3-8(11)9(12)4-7/h2-4H,5H2,1H3. The number of esters is 1. The molecule has 0 aliphatic carbocycles. The fourth-order valence-corrected chi connectivity index (χ4v) is 1.22. The number of rotatable bonds is 3. The summed E-state index contributed by atoms with van der Waals surface area (Å²) in [5.74, 6) is -0.813. The minimum Gasteiger partial charge on any atom is -0.457 e. The first kappa shape index (κ1) is 12.0. The molecule has 0 atom stereocenters. The lowest BCUT2D eigenvalue weighted by molar-refractivity contribution is -0.139. The minimum absolute atomic E-state index is 0.284. The van der Waals surface area contributed by atoms with Crippen LogP contribution in [-0.2, 0) is 9.53 Å². The number of carbonyl (C=O) groups excluding carboxylic acids is 2. The van der Waals surface area contributed by atoms with Gasteiger partial charge in [0.05, 0.1) is 10.0 Å². The van der Waals surface area contributed by atoms with Crippen LogP contribution in [0.5, 0.6) is 0 Å². The zero-order valence-corrected chi connectivity index (χ0v) is 9.43. The van der Waals surface area contributed by atoms with Gasteiger partial charge in [-0.15, -0.1) is 0 Å². The molecule has 5 heteroatoms. The van der Waals surface area contributed by atoms with E-state index in [0.717, 1.165) is 0 Å². The van der Waals surface area contributed by atoms with Crippen molar-refractivity contribution < 1.29 is 14.3 Å². The summed E-state index contributed by atoms with van der Waals surface area (Å²) in [6, 6.07) is 4.49. The summed E-state index contributed by atoms with van der Waals surface area (Å²) in [6.07, 6.45) is 0. The van der Waals surface area contributed by atoms with Gasteiger partial charge in [-0.2, -0.15) is 0 Å². The normalized spacial score (nSPS) is 9.80. The molecule has 0 aliphatic heterocycles. The Balaban J connectivity index is 2.74. The van der Waals surface area contributed by atoms with Crippen molar-refractivity contribution in [2.24, 2.45) is 0 Å². The lowest BCUT2D eigenvalue weighted by Gasteiger charge is -2.02. The average Bonchev–Trinajstić information content (AvgIpc) is 2.18. The first-order valence-electron chi connectivity index (χ1n) is 4.12. The van der Waals surface area contributed by atoms with E-state index < -0.39 is 5.97 Å². The van der Waals surface area contributed by atoms with E-state index in [2.05, 4.69) is 4.74 Å². The van der Waals surface area contributed by atoms with Crippen LogP contribution in [-0.4, -0.2) is 18.4 Å². The zero-order valence-electron chi connectivity index (χ0n) is 7.92. The van der Waals surface area contributed by atoms with Crippen molar-refractivity contribution in [2.75, 3.05) is 6.61 Å². The van der Waals surface area contributed by atoms with Crippen molar-refractivity contribution in [2.45, 2.75) is 6.92 Å². The van der Waals surface area contributed by atoms with Crippen molar-refractivity contribution in [1.29, 1.82) is 0 Å². The maximum absolute atomic E-state index is 11.4. The third-order valence-corrected chi connectivity index (χ3v) is 2.39. The maximum Gasteiger partial charge on any atom is 0.303 e. The molecule has 0 bridgehead atoms. The van der Waals surface area contributed by atoms with Crippen LogP contribution in [0.1, 0.15) is 17.3 Å². The number of benzene rings is 1. The fourth-order valence-electron chi connectivity index (χ4n) is 0.920. The molecule has 0 aromatic heterocycles. The second kappa shape index (κ2) is 5.14. The van der Waals surface area contributed by atoms with Crippen LogP contribution in [0.4, 0.5) is 0 Å². The first-order chi connectivity index (χ1) is 7.00. The van der Waals surface area contributed by atoms with Crippen molar-refractivity contribution in [3.63, 3.8) is 0 Å². The molecule has 15 heavy (non-hydrogen) atoms. The Labute approximate surface area is 96.9 Å². The summed E-state index contributed by atoms with van der Waals surface area (Å²) < 4.78 is 4.56. The summed E-state index contributed by atoms with van der Waals surface area (Å²) in [7, 11) is 0. The molecule has 0 heterocycles. The van der Waals surface area contributed by atoms with Crippen LogP contribution in [0.15, 0.2) is 18.2 Å². The van der Waals surface area contributed by atoms with Gasteiger partial charge in [0.2, 0.25) is 0 Å². The molecule has 0 aliphatic rings. The Morgan fingerprint density at radius 3 is 2.47 bits per heavy atom. The Morgan fingerprint density at radius 1 is 1.27 bits per heavy atom. The molecule has 80 valence electrons. The van der Waals surface area contributed by atoms with Gasteiger partial charge in [0.25, 0.3) is 0 Å². The van der Waals surface area contributed by atoms with Crippen molar-refractivity contribution >= 4 is 35.0 Å². The molecular weight excluding hydrogens is 239 g/mol. The number of ether oxygens (including phenoxy) is 1. The maximum atomic E-state index is 11.4. The van der Waals surface area contributed by atoms with Crippen LogP contribution in [0.3, 0.4) is 0 Å². The highest BCUT2D eigenvalue weighted by atomic mass is 35.5. The highest BCUT2D eigenvalue weighted by Gasteiger charge is 2.09. The summed E-state index contributed by atoms with van der Waals surface area (Å²) in [5, 5.41) is 0.672. The molecule has 0 unspecified atom stereocenters. The highest BCUT2D eigenvalue weighted by molar-refractivity contribution is 6.42. The van der Waals surface area contributed by atoms with E-state index in [1.807, 2.05) is 0 Å². The fraction of sp³-hybridized carbons (Fsp3) is 0.200. The van der Waals surface area contributed by atoms with Crippen LogP contribution >= 0.6 is 23.2 Å². The third-order valence-electron chi connectivity index (χ3n) is 1.65. The summed E-state index contributed by atoms with van der Waals surface area (Å²) in [5.41, 5.74) is 0.366. The Morgan fingerprint density at radius 2 is 1.93 bits per heavy atom. The number of halogens is 2. The SMILES string of the molecule is CC(=O)OCC(=O)c1ccc(Cl)c(Cl)c1. The molecule has 0 amide bonds. The highest BCUT2D eigenvalue weighted by Crippen LogP contribution is 2.22. The summed E-state index contributed by atoms with van der Waals surface area (Å²) >= 11 is 11.4. The molecule has 0 radical (unpaired) electrons. The van der Waals surface area contributed by atoms with Gasteiger partial charge in [-0.3, -0.25) is 9.59 Å². The molecule has 0 N–H and O–H groups in total. The Bertz CT molecular complexity index is 402. The zero-order chi connectivity index (χ0) is 11.4. The summed E-state index contributed by atoms with van der Waals surface area (Å²) in [4.78, 5) is 21.9. The van der Waals surface area contributed by atoms with Gasteiger partial charge >= 0.3 is 5.97 Å². The van der Waals surface area contributed by atoms with Gasteiger partial charge in [0.1, 0.15) is 0 Å². The molecule has 1 aromatic rings. The first-order valence-corrected chi connectivity index (χ1v) is 4.88. The smallest absolute Gasteiger partial charge is 0.303 e. The molecule has 1 aromatic carbocycles. The van der Waals surface area contributed by atoms with Gasteiger partial charge in [0.15, 0.2) is 12.4 Å². The van der Waals surface area contributed by atoms with E-state index in [1.165, 1.54) is 25.1 Å². The molecular formula is C10H8Cl2O3. The third kappa shape index (κ3) is 3.53. The summed E-state index contributed by atoms with van der Waals surface area (Å²) in [6.45, 7) is 0.954. The van der Waals surface area contributed by atoms with Crippen LogP contribution in [0.25, 0.3) is 0 Å². The monoisotopic (exact) mass is 246 g/mol. The quantitative estimate of drug-likeness (QED) is 0.609. The number of carbonyl (C=O) groups is 2. The molecule has 3 nitrogen and oxygen atoms in total. The van der Waals surface area contributed by atoms with Crippen molar-refractivity contribution in [1.82, 2.24) is 0 Å².